The number of fused-ring (bicyclic) bond motifs is 1. The van der Waals surface area contributed by atoms with Crippen molar-refractivity contribution >= 4 is 11.3 Å². The van der Waals surface area contributed by atoms with Crippen LogP contribution >= 0.6 is 11.3 Å². The van der Waals surface area contributed by atoms with E-state index >= 15 is 0 Å². The summed E-state index contributed by atoms with van der Waals surface area (Å²) >= 11 is 1.63. The lowest BCUT2D eigenvalue weighted by Gasteiger charge is -2.27. The van der Waals surface area contributed by atoms with Gasteiger partial charge in [-0.15, -0.1) is 11.3 Å². The molecule has 1 aliphatic rings. The molecular weight excluding hydrogens is 280 g/mol. The van der Waals surface area contributed by atoms with Crippen LogP contribution in [0.15, 0.2) is 29.8 Å². The number of rotatable bonds is 6. The summed E-state index contributed by atoms with van der Waals surface area (Å²) in [5, 5.41) is 6.66. The molecule has 1 unspecified atom stereocenters. The summed E-state index contributed by atoms with van der Waals surface area (Å²) in [5.74, 6) is 0.958. The molecule has 0 aliphatic heterocycles. The number of nitrogens with zero attached hydrogens (tertiary/aromatic N) is 1. The van der Waals surface area contributed by atoms with Gasteiger partial charge in [0, 0.05) is 17.6 Å². The van der Waals surface area contributed by atoms with Gasteiger partial charge in [0.05, 0.1) is 0 Å². The van der Waals surface area contributed by atoms with Crippen LogP contribution in [0, 0.1) is 0 Å². The molecule has 3 nitrogen and oxygen atoms in total. The zero-order valence-corrected chi connectivity index (χ0v) is 13.3. The minimum atomic E-state index is 0.515. The van der Waals surface area contributed by atoms with E-state index in [9.17, 15) is 0 Å². The Hall–Kier alpha value is -1.39. The predicted molar refractivity (Wildman–Crippen MR) is 86.9 cm³/mol. The molecule has 0 amide bonds. The molecule has 4 heteroatoms. The first-order valence-corrected chi connectivity index (χ1v) is 8.62. The van der Waals surface area contributed by atoms with E-state index in [2.05, 4.69) is 35.4 Å². The highest BCUT2D eigenvalue weighted by Gasteiger charge is 2.19. The van der Waals surface area contributed by atoms with Gasteiger partial charge in [-0.3, -0.25) is 0 Å². The Bertz CT molecular complexity index is 568. The van der Waals surface area contributed by atoms with Gasteiger partial charge in [0.15, 0.2) is 0 Å². The zero-order chi connectivity index (χ0) is 14.5. The van der Waals surface area contributed by atoms with Gasteiger partial charge in [-0.25, -0.2) is 4.98 Å². The van der Waals surface area contributed by atoms with Crippen molar-refractivity contribution in [3.05, 3.63) is 45.9 Å². The molecule has 0 fully saturated rings. The Balaban J connectivity index is 1.68. The SMILES string of the molecule is CCCNC1CCCc2cc(OCc3nccs3)ccc21. The molecule has 1 atom stereocenters. The van der Waals surface area contributed by atoms with E-state index in [4.69, 9.17) is 4.74 Å². The van der Waals surface area contributed by atoms with Crippen LogP contribution in [0.2, 0.25) is 0 Å². The number of aromatic nitrogens is 1. The van der Waals surface area contributed by atoms with Gasteiger partial charge in [0.2, 0.25) is 0 Å². The van der Waals surface area contributed by atoms with Crippen molar-refractivity contribution < 1.29 is 4.74 Å². The molecule has 1 N–H and O–H groups in total. The van der Waals surface area contributed by atoms with Crippen molar-refractivity contribution in [2.45, 2.75) is 45.3 Å². The topological polar surface area (TPSA) is 34.1 Å². The van der Waals surface area contributed by atoms with E-state index in [-0.39, 0.29) is 0 Å². The quantitative estimate of drug-likeness (QED) is 0.872. The first-order valence-electron chi connectivity index (χ1n) is 7.74. The molecule has 112 valence electrons. The van der Waals surface area contributed by atoms with Crippen molar-refractivity contribution in [1.82, 2.24) is 10.3 Å². The summed E-state index contributed by atoms with van der Waals surface area (Å²) in [5.41, 5.74) is 2.89. The number of thiazole rings is 1. The Morgan fingerprint density at radius 2 is 2.38 bits per heavy atom. The molecule has 1 heterocycles. The summed E-state index contributed by atoms with van der Waals surface area (Å²) in [6.45, 7) is 3.87. The Labute approximate surface area is 130 Å². The standard InChI is InChI=1S/C17H22N2OS/c1-2-8-18-16-5-3-4-13-11-14(6-7-15(13)16)20-12-17-19-9-10-21-17/h6-7,9-11,16,18H,2-5,8,12H2,1H3. The summed E-state index contributed by atoms with van der Waals surface area (Å²) in [7, 11) is 0. The molecule has 0 saturated heterocycles. The second-order valence-corrected chi connectivity index (χ2v) is 6.45. The van der Waals surface area contributed by atoms with Crippen LogP contribution in [0.4, 0.5) is 0 Å². The number of ether oxygens (including phenoxy) is 1. The zero-order valence-electron chi connectivity index (χ0n) is 12.5. The Morgan fingerprint density at radius 1 is 1.43 bits per heavy atom. The third kappa shape index (κ3) is 3.63. The van der Waals surface area contributed by atoms with E-state index in [0.717, 1.165) is 23.7 Å². The summed E-state index contributed by atoms with van der Waals surface area (Å²) in [6.07, 6.45) is 6.66. The second-order valence-electron chi connectivity index (χ2n) is 5.47. The molecule has 1 aromatic heterocycles. The summed E-state index contributed by atoms with van der Waals surface area (Å²) in [6, 6.07) is 7.06. The van der Waals surface area contributed by atoms with E-state index in [1.165, 1.54) is 30.4 Å². The molecule has 0 spiro atoms. The smallest absolute Gasteiger partial charge is 0.140 e. The van der Waals surface area contributed by atoms with Gasteiger partial charge < -0.3 is 10.1 Å². The van der Waals surface area contributed by atoms with Gasteiger partial charge in [0.1, 0.15) is 17.4 Å². The molecule has 1 aliphatic carbocycles. The number of aryl methyl sites for hydroxylation is 1. The third-order valence-electron chi connectivity index (χ3n) is 3.92. The maximum Gasteiger partial charge on any atom is 0.140 e. The van der Waals surface area contributed by atoms with Gasteiger partial charge in [-0.1, -0.05) is 13.0 Å². The van der Waals surface area contributed by atoms with Crippen molar-refractivity contribution in [3.63, 3.8) is 0 Å². The van der Waals surface area contributed by atoms with Crippen LogP contribution in [0.1, 0.15) is 48.4 Å². The number of nitrogens with one attached hydrogen (secondary N) is 1. The lowest BCUT2D eigenvalue weighted by Crippen LogP contribution is -2.25. The fraction of sp³-hybridized carbons (Fsp3) is 0.471. The Morgan fingerprint density at radius 3 is 3.19 bits per heavy atom. The molecule has 0 bridgehead atoms. The number of benzene rings is 1. The molecule has 0 radical (unpaired) electrons. The van der Waals surface area contributed by atoms with Crippen LogP contribution in [0.3, 0.4) is 0 Å². The minimum Gasteiger partial charge on any atom is -0.486 e. The second kappa shape index (κ2) is 7.05. The average molecular weight is 302 g/mol. The first-order chi connectivity index (χ1) is 10.4. The van der Waals surface area contributed by atoms with E-state index in [1.807, 2.05) is 11.6 Å². The lowest BCUT2D eigenvalue weighted by atomic mass is 9.87. The fourth-order valence-electron chi connectivity index (χ4n) is 2.88. The van der Waals surface area contributed by atoms with E-state index in [0.29, 0.717) is 12.6 Å². The van der Waals surface area contributed by atoms with Gasteiger partial charge in [-0.2, -0.15) is 0 Å². The molecule has 2 aromatic rings. The van der Waals surface area contributed by atoms with Crippen molar-refractivity contribution in [1.29, 1.82) is 0 Å². The predicted octanol–water partition coefficient (Wildman–Crippen LogP) is 4.10. The van der Waals surface area contributed by atoms with Crippen LogP contribution in [-0.4, -0.2) is 11.5 Å². The highest BCUT2D eigenvalue weighted by atomic mass is 32.1. The van der Waals surface area contributed by atoms with Crippen LogP contribution in [0.5, 0.6) is 5.75 Å². The molecule has 1 aromatic carbocycles. The molecule has 3 rings (SSSR count). The minimum absolute atomic E-state index is 0.515. The largest absolute Gasteiger partial charge is 0.486 e. The monoisotopic (exact) mass is 302 g/mol. The average Bonchev–Trinajstić information content (AvgIpc) is 3.04. The van der Waals surface area contributed by atoms with Crippen molar-refractivity contribution in [3.8, 4) is 5.75 Å². The first kappa shape index (κ1) is 14.5. The molecule has 21 heavy (non-hydrogen) atoms. The maximum absolute atomic E-state index is 5.86. The van der Waals surface area contributed by atoms with Gasteiger partial charge in [0.25, 0.3) is 0 Å². The number of hydrogen-bond donors (Lipinski definition) is 1. The fourth-order valence-corrected chi connectivity index (χ4v) is 3.41. The van der Waals surface area contributed by atoms with Crippen molar-refractivity contribution in [2.75, 3.05) is 6.54 Å². The summed E-state index contributed by atoms with van der Waals surface area (Å²) in [4.78, 5) is 4.25. The molecule has 0 saturated carbocycles. The van der Waals surface area contributed by atoms with Crippen LogP contribution < -0.4 is 10.1 Å². The van der Waals surface area contributed by atoms with Crippen LogP contribution in [0.25, 0.3) is 0 Å². The normalized spacial score (nSPS) is 17.5. The Kier molecular flexibility index (Phi) is 4.88. The van der Waals surface area contributed by atoms with Gasteiger partial charge in [-0.05, 0) is 55.5 Å². The third-order valence-corrected chi connectivity index (χ3v) is 4.67. The highest BCUT2D eigenvalue weighted by Crippen LogP contribution is 2.32. The molecular formula is C17H22N2OS. The highest BCUT2D eigenvalue weighted by molar-refractivity contribution is 7.09. The maximum atomic E-state index is 5.86. The van der Waals surface area contributed by atoms with Crippen molar-refractivity contribution in [2.24, 2.45) is 0 Å². The number of hydrogen-bond acceptors (Lipinski definition) is 4. The van der Waals surface area contributed by atoms with Crippen LogP contribution in [-0.2, 0) is 13.0 Å². The lowest BCUT2D eigenvalue weighted by molar-refractivity contribution is 0.304. The van der Waals surface area contributed by atoms with E-state index in [1.54, 1.807) is 11.3 Å². The van der Waals surface area contributed by atoms with Gasteiger partial charge >= 0.3 is 0 Å². The summed E-state index contributed by atoms with van der Waals surface area (Å²) < 4.78 is 5.86. The van der Waals surface area contributed by atoms with E-state index < -0.39 is 0 Å².